The highest BCUT2D eigenvalue weighted by Crippen LogP contribution is 2.18. The summed E-state index contributed by atoms with van der Waals surface area (Å²) < 4.78 is 0. The Bertz CT molecular complexity index is 362. The fourth-order valence-electron chi connectivity index (χ4n) is 2.40. The Morgan fingerprint density at radius 3 is 2.94 bits per heavy atom. The molecule has 0 radical (unpaired) electrons. The Hall–Kier alpha value is -0.860. The second-order valence-electron chi connectivity index (χ2n) is 4.89. The zero-order valence-electron chi connectivity index (χ0n) is 10.2. The van der Waals surface area contributed by atoms with E-state index < -0.39 is 0 Å². The summed E-state index contributed by atoms with van der Waals surface area (Å²) in [4.78, 5) is 2.36. The molecular formula is C14H21NO. The van der Waals surface area contributed by atoms with Crippen LogP contribution in [0.3, 0.4) is 0 Å². The third-order valence-corrected chi connectivity index (χ3v) is 3.59. The smallest absolute Gasteiger partial charge is 0.0667 e. The van der Waals surface area contributed by atoms with E-state index in [4.69, 9.17) is 0 Å². The molecule has 1 saturated heterocycles. The van der Waals surface area contributed by atoms with Gasteiger partial charge >= 0.3 is 0 Å². The second-order valence-corrected chi connectivity index (χ2v) is 4.89. The first-order valence-corrected chi connectivity index (χ1v) is 6.12. The predicted molar refractivity (Wildman–Crippen MR) is 66.4 cm³/mol. The molecule has 0 spiro atoms. The first kappa shape index (κ1) is 11.6. The average Bonchev–Trinajstić information content (AvgIpc) is 2.25. The van der Waals surface area contributed by atoms with Crippen molar-refractivity contribution >= 4 is 0 Å². The van der Waals surface area contributed by atoms with Crippen molar-refractivity contribution in [1.29, 1.82) is 0 Å². The lowest BCUT2D eigenvalue weighted by Crippen LogP contribution is -2.37. The van der Waals surface area contributed by atoms with E-state index in [0.29, 0.717) is 0 Å². The van der Waals surface area contributed by atoms with Gasteiger partial charge in [-0.25, -0.2) is 0 Å². The Morgan fingerprint density at radius 1 is 1.38 bits per heavy atom. The highest BCUT2D eigenvalue weighted by molar-refractivity contribution is 5.33. The number of β-amino-alcohol motifs (C(OH)–C–C–N with tert-alkyl or cyclic N) is 1. The van der Waals surface area contributed by atoms with Gasteiger partial charge in [-0.05, 0) is 49.9 Å². The van der Waals surface area contributed by atoms with E-state index in [1.165, 1.54) is 16.7 Å². The molecule has 88 valence electrons. The van der Waals surface area contributed by atoms with Crippen molar-refractivity contribution in [3.8, 4) is 0 Å². The second kappa shape index (κ2) is 4.98. The molecule has 1 aliphatic rings. The highest BCUT2D eigenvalue weighted by Gasteiger charge is 2.18. The number of nitrogens with zero attached hydrogens (tertiary/aromatic N) is 1. The van der Waals surface area contributed by atoms with E-state index in [-0.39, 0.29) is 6.10 Å². The normalized spacial score (nSPS) is 22.3. The summed E-state index contributed by atoms with van der Waals surface area (Å²) in [6.07, 6.45) is 1.95. The molecule has 0 aliphatic carbocycles. The summed E-state index contributed by atoms with van der Waals surface area (Å²) in [5.74, 6) is 0. The maximum absolute atomic E-state index is 9.64. The third kappa shape index (κ3) is 2.63. The molecule has 0 amide bonds. The summed E-state index contributed by atoms with van der Waals surface area (Å²) in [5.41, 5.74) is 4.15. The first-order valence-electron chi connectivity index (χ1n) is 6.12. The van der Waals surface area contributed by atoms with E-state index in [0.717, 1.165) is 32.5 Å². The molecule has 16 heavy (non-hydrogen) atoms. The molecule has 0 aromatic heterocycles. The molecule has 1 aromatic carbocycles. The van der Waals surface area contributed by atoms with Crippen molar-refractivity contribution in [2.24, 2.45) is 0 Å². The molecule has 2 rings (SSSR count). The van der Waals surface area contributed by atoms with Gasteiger partial charge in [-0.1, -0.05) is 18.2 Å². The first-order chi connectivity index (χ1) is 7.66. The van der Waals surface area contributed by atoms with Crippen molar-refractivity contribution in [3.05, 3.63) is 34.9 Å². The molecule has 1 atom stereocenters. The molecule has 0 saturated carbocycles. The van der Waals surface area contributed by atoms with E-state index in [1.807, 2.05) is 0 Å². The number of hydrogen-bond acceptors (Lipinski definition) is 2. The van der Waals surface area contributed by atoms with E-state index in [1.54, 1.807) is 0 Å². The van der Waals surface area contributed by atoms with Gasteiger partial charge < -0.3 is 5.11 Å². The van der Waals surface area contributed by atoms with Crippen molar-refractivity contribution < 1.29 is 5.11 Å². The molecular weight excluding hydrogens is 198 g/mol. The highest BCUT2D eigenvalue weighted by atomic mass is 16.3. The van der Waals surface area contributed by atoms with Gasteiger partial charge in [0.15, 0.2) is 0 Å². The van der Waals surface area contributed by atoms with Gasteiger partial charge in [0.05, 0.1) is 6.10 Å². The molecule has 2 nitrogen and oxygen atoms in total. The number of aliphatic hydroxyl groups excluding tert-OH is 1. The summed E-state index contributed by atoms with van der Waals surface area (Å²) in [6, 6.07) is 6.48. The average molecular weight is 219 g/mol. The zero-order valence-corrected chi connectivity index (χ0v) is 10.2. The summed E-state index contributed by atoms with van der Waals surface area (Å²) in [6.45, 7) is 7.26. The Morgan fingerprint density at radius 2 is 2.19 bits per heavy atom. The summed E-state index contributed by atoms with van der Waals surface area (Å²) >= 11 is 0. The maximum atomic E-state index is 9.64. The van der Waals surface area contributed by atoms with E-state index in [2.05, 4.69) is 36.9 Å². The van der Waals surface area contributed by atoms with Crippen LogP contribution >= 0.6 is 0 Å². The number of aryl methyl sites for hydroxylation is 1. The zero-order chi connectivity index (χ0) is 11.5. The predicted octanol–water partition coefficient (Wildman–Crippen LogP) is 2.26. The van der Waals surface area contributed by atoms with Crippen LogP contribution in [0.1, 0.15) is 29.5 Å². The van der Waals surface area contributed by atoms with Gasteiger partial charge in [0.25, 0.3) is 0 Å². The minimum Gasteiger partial charge on any atom is -0.392 e. The Kier molecular flexibility index (Phi) is 3.62. The third-order valence-electron chi connectivity index (χ3n) is 3.59. The van der Waals surface area contributed by atoms with Crippen molar-refractivity contribution in [2.75, 3.05) is 13.1 Å². The molecule has 1 aliphatic heterocycles. The fourth-order valence-corrected chi connectivity index (χ4v) is 2.40. The minimum atomic E-state index is -0.126. The van der Waals surface area contributed by atoms with Crippen molar-refractivity contribution in [3.63, 3.8) is 0 Å². The van der Waals surface area contributed by atoms with Crippen LogP contribution in [0.25, 0.3) is 0 Å². The Balaban J connectivity index is 2.05. The molecule has 2 heteroatoms. The number of rotatable bonds is 2. The molecule has 1 fully saturated rings. The molecule has 1 unspecified atom stereocenters. The molecule has 0 bridgehead atoms. The van der Waals surface area contributed by atoms with Gasteiger partial charge in [-0.2, -0.15) is 0 Å². The SMILES string of the molecule is Cc1cccc(CN2CCCC(O)C2)c1C. The largest absolute Gasteiger partial charge is 0.392 e. The maximum Gasteiger partial charge on any atom is 0.0667 e. The van der Waals surface area contributed by atoms with Crippen LogP contribution in [0.15, 0.2) is 18.2 Å². The monoisotopic (exact) mass is 219 g/mol. The minimum absolute atomic E-state index is 0.126. The lowest BCUT2D eigenvalue weighted by atomic mass is 10.0. The van der Waals surface area contributed by atoms with Gasteiger partial charge in [0.2, 0.25) is 0 Å². The van der Waals surface area contributed by atoms with Crippen LogP contribution in [-0.2, 0) is 6.54 Å². The van der Waals surface area contributed by atoms with E-state index in [9.17, 15) is 5.11 Å². The summed E-state index contributed by atoms with van der Waals surface area (Å²) in [5, 5.41) is 9.64. The lowest BCUT2D eigenvalue weighted by Gasteiger charge is -2.30. The van der Waals surface area contributed by atoms with Crippen LogP contribution in [0, 0.1) is 13.8 Å². The number of piperidine rings is 1. The van der Waals surface area contributed by atoms with Crippen molar-refractivity contribution in [1.82, 2.24) is 4.90 Å². The molecule has 1 aromatic rings. The van der Waals surface area contributed by atoms with Crippen molar-refractivity contribution in [2.45, 2.75) is 39.3 Å². The molecule has 1 N–H and O–H groups in total. The Labute approximate surface area is 97.9 Å². The van der Waals surface area contributed by atoms with Gasteiger partial charge in [-0.15, -0.1) is 0 Å². The number of benzene rings is 1. The van der Waals surface area contributed by atoms with Crippen LogP contribution < -0.4 is 0 Å². The fraction of sp³-hybridized carbons (Fsp3) is 0.571. The van der Waals surface area contributed by atoms with Gasteiger partial charge in [0, 0.05) is 13.1 Å². The van der Waals surface area contributed by atoms with Gasteiger partial charge in [-0.3, -0.25) is 4.90 Å². The summed E-state index contributed by atoms with van der Waals surface area (Å²) in [7, 11) is 0. The quantitative estimate of drug-likeness (QED) is 0.824. The standard InChI is InChI=1S/C14H21NO/c1-11-5-3-6-13(12(11)2)9-15-8-4-7-14(16)10-15/h3,5-6,14,16H,4,7-10H2,1-2H3. The van der Waals surface area contributed by atoms with E-state index >= 15 is 0 Å². The topological polar surface area (TPSA) is 23.5 Å². The van der Waals surface area contributed by atoms with Crippen LogP contribution in [0.2, 0.25) is 0 Å². The lowest BCUT2D eigenvalue weighted by molar-refractivity contribution is 0.0667. The number of hydrogen-bond donors (Lipinski definition) is 1. The van der Waals surface area contributed by atoms with Gasteiger partial charge in [0.1, 0.15) is 0 Å². The van der Waals surface area contributed by atoms with Crippen LogP contribution in [0.4, 0.5) is 0 Å². The molecule has 1 heterocycles. The number of aliphatic hydroxyl groups is 1. The number of likely N-dealkylation sites (tertiary alicyclic amines) is 1. The van der Waals surface area contributed by atoms with Crippen LogP contribution in [0.5, 0.6) is 0 Å². The van der Waals surface area contributed by atoms with Crippen LogP contribution in [-0.4, -0.2) is 29.2 Å².